The van der Waals surface area contributed by atoms with Crippen LogP contribution < -0.4 is 16.0 Å². The van der Waals surface area contributed by atoms with Gasteiger partial charge in [-0.15, -0.1) is 0 Å². The Balaban J connectivity index is 2.42. The molecule has 1 saturated carbocycles. The van der Waals surface area contributed by atoms with Gasteiger partial charge >= 0.3 is 0 Å². The van der Waals surface area contributed by atoms with E-state index in [-0.39, 0.29) is 12.5 Å². The topological polar surface area (TPSA) is 74.8 Å². The molecule has 0 heterocycles. The third-order valence-electron chi connectivity index (χ3n) is 4.40. The van der Waals surface area contributed by atoms with Gasteiger partial charge in [-0.3, -0.25) is 4.79 Å². The van der Waals surface area contributed by atoms with E-state index in [2.05, 4.69) is 27.9 Å². The van der Waals surface area contributed by atoms with Crippen molar-refractivity contribution in [2.75, 3.05) is 39.9 Å². The van der Waals surface area contributed by atoms with Gasteiger partial charge in [-0.1, -0.05) is 19.8 Å². The average molecular weight is 312 g/mol. The number of nitrogens with zero attached hydrogens (tertiary/aromatic N) is 1. The number of carbonyl (C=O) groups is 1. The van der Waals surface area contributed by atoms with Gasteiger partial charge in [0.25, 0.3) is 0 Å². The number of amides is 1. The summed E-state index contributed by atoms with van der Waals surface area (Å²) in [5.41, 5.74) is 0.400. The van der Waals surface area contributed by atoms with Crippen molar-refractivity contribution < 1.29 is 9.53 Å². The molecular formula is C16H32N4O2. The van der Waals surface area contributed by atoms with E-state index >= 15 is 0 Å². The molecule has 0 aromatic rings. The Morgan fingerprint density at radius 1 is 1.18 bits per heavy atom. The van der Waals surface area contributed by atoms with E-state index in [0.717, 1.165) is 19.0 Å². The Kier molecular flexibility index (Phi) is 8.89. The molecule has 22 heavy (non-hydrogen) atoms. The lowest BCUT2D eigenvalue weighted by Gasteiger charge is -2.28. The molecular weight excluding hydrogens is 280 g/mol. The smallest absolute Gasteiger partial charge is 0.241 e. The Morgan fingerprint density at radius 3 is 2.50 bits per heavy atom. The summed E-state index contributed by atoms with van der Waals surface area (Å²) in [6, 6.07) is 0. The monoisotopic (exact) mass is 312 g/mol. The number of hydrogen-bond donors (Lipinski definition) is 3. The molecule has 1 fully saturated rings. The molecule has 1 amide bonds. The van der Waals surface area contributed by atoms with Crippen LogP contribution in [0.15, 0.2) is 4.99 Å². The van der Waals surface area contributed by atoms with Crippen LogP contribution in [-0.4, -0.2) is 51.8 Å². The molecule has 1 aliphatic rings. The van der Waals surface area contributed by atoms with Crippen molar-refractivity contribution in [2.24, 2.45) is 10.4 Å². The zero-order valence-electron chi connectivity index (χ0n) is 14.3. The first kappa shape index (κ1) is 18.7. The van der Waals surface area contributed by atoms with Gasteiger partial charge in [-0.05, 0) is 31.6 Å². The van der Waals surface area contributed by atoms with Crippen LogP contribution in [0.4, 0.5) is 0 Å². The quantitative estimate of drug-likeness (QED) is 0.340. The summed E-state index contributed by atoms with van der Waals surface area (Å²) in [6.07, 6.45) is 6.41. The highest BCUT2D eigenvalue weighted by Gasteiger charge is 2.31. The summed E-state index contributed by atoms with van der Waals surface area (Å²) in [6.45, 7) is 7.19. The van der Waals surface area contributed by atoms with Crippen molar-refractivity contribution in [1.82, 2.24) is 16.0 Å². The maximum Gasteiger partial charge on any atom is 0.241 e. The van der Waals surface area contributed by atoms with Crippen LogP contribution in [0.1, 0.15) is 46.0 Å². The van der Waals surface area contributed by atoms with Crippen LogP contribution >= 0.6 is 0 Å². The first-order valence-electron chi connectivity index (χ1n) is 8.43. The van der Waals surface area contributed by atoms with Crippen molar-refractivity contribution in [2.45, 2.75) is 46.0 Å². The van der Waals surface area contributed by atoms with Crippen LogP contribution in [0, 0.1) is 5.41 Å². The molecule has 0 unspecified atom stereocenters. The summed E-state index contributed by atoms with van der Waals surface area (Å²) in [4.78, 5) is 16.0. The van der Waals surface area contributed by atoms with E-state index in [1.54, 1.807) is 7.11 Å². The van der Waals surface area contributed by atoms with Gasteiger partial charge < -0.3 is 20.7 Å². The molecule has 6 nitrogen and oxygen atoms in total. The summed E-state index contributed by atoms with van der Waals surface area (Å²) < 4.78 is 4.90. The third-order valence-corrected chi connectivity index (χ3v) is 4.40. The Bertz CT molecular complexity index is 352. The number of rotatable bonds is 9. The number of nitrogens with one attached hydrogen (secondary N) is 3. The van der Waals surface area contributed by atoms with Crippen LogP contribution in [0.2, 0.25) is 0 Å². The molecule has 0 atom stereocenters. The summed E-state index contributed by atoms with van der Waals surface area (Å²) in [5, 5.41) is 9.39. The highest BCUT2D eigenvalue weighted by atomic mass is 16.5. The van der Waals surface area contributed by atoms with E-state index in [4.69, 9.17) is 4.74 Å². The second kappa shape index (κ2) is 10.4. The minimum absolute atomic E-state index is 0.0830. The van der Waals surface area contributed by atoms with Gasteiger partial charge in [0.1, 0.15) is 6.54 Å². The maximum atomic E-state index is 11.7. The molecule has 3 N–H and O–H groups in total. The predicted octanol–water partition coefficient (Wildman–Crippen LogP) is 1.27. The summed E-state index contributed by atoms with van der Waals surface area (Å²) in [7, 11) is 1.62. The number of aliphatic imine (C=N–C) groups is 1. The van der Waals surface area contributed by atoms with Gasteiger partial charge in [-0.2, -0.15) is 0 Å². The fourth-order valence-electron chi connectivity index (χ4n) is 2.89. The van der Waals surface area contributed by atoms with Crippen molar-refractivity contribution in [3.63, 3.8) is 0 Å². The predicted molar refractivity (Wildman–Crippen MR) is 90.1 cm³/mol. The normalized spacial score (nSPS) is 17.3. The molecule has 0 bridgehead atoms. The van der Waals surface area contributed by atoms with Gasteiger partial charge in [0.05, 0.1) is 6.61 Å². The number of guanidine groups is 1. The van der Waals surface area contributed by atoms with Gasteiger partial charge in [0, 0.05) is 26.7 Å². The average Bonchev–Trinajstić information content (AvgIpc) is 3.00. The van der Waals surface area contributed by atoms with Crippen LogP contribution in [0.3, 0.4) is 0 Å². The minimum atomic E-state index is -0.0830. The third kappa shape index (κ3) is 6.64. The van der Waals surface area contributed by atoms with Crippen molar-refractivity contribution in [3.05, 3.63) is 0 Å². The number of methoxy groups -OCH3 is 1. The number of hydrogen-bond acceptors (Lipinski definition) is 3. The van der Waals surface area contributed by atoms with E-state index in [1.165, 1.54) is 32.1 Å². The maximum absolute atomic E-state index is 11.7. The van der Waals surface area contributed by atoms with Gasteiger partial charge in [-0.25, -0.2) is 4.99 Å². The van der Waals surface area contributed by atoms with E-state index in [0.29, 0.717) is 18.6 Å². The molecule has 128 valence electrons. The zero-order valence-corrected chi connectivity index (χ0v) is 14.3. The van der Waals surface area contributed by atoms with Gasteiger partial charge in [0.15, 0.2) is 5.96 Å². The van der Waals surface area contributed by atoms with Crippen molar-refractivity contribution in [1.29, 1.82) is 0 Å². The Morgan fingerprint density at radius 2 is 1.91 bits per heavy atom. The summed E-state index contributed by atoms with van der Waals surface area (Å²) in [5.74, 6) is 0.643. The fourth-order valence-corrected chi connectivity index (χ4v) is 2.89. The first-order valence-corrected chi connectivity index (χ1v) is 8.43. The Labute approximate surface area is 134 Å². The molecule has 0 aromatic carbocycles. The molecule has 0 saturated heterocycles. The lowest BCUT2D eigenvalue weighted by molar-refractivity contribution is -0.119. The molecule has 1 aliphatic carbocycles. The van der Waals surface area contributed by atoms with Crippen LogP contribution in [-0.2, 0) is 9.53 Å². The molecule has 0 aliphatic heterocycles. The lowest BCUT2D eigenvalue weighted by Crippen LogP contribution is -2.43. The second-order valence-electron chi connectivity index (χ2n) is 5.95. The molecule has 0 aromatic heterocycles. The molecule has 6 heteroatoms. The van der Waals surface area contributed by atoms with Crippen molar-refractivity contribution in [3.8, 4) is 0 Å². The highest BCUT2D eigenvalue weighted by Crippen LogP contribution is 2.40. The largest absolute Gasteiger partial charge is 0.383 e. The second-order valence-corrected chi connectivity index (χ2v) is 5.95. The standard InChI is InChI=1S/C16H32N4O2/c1-4-16(8-6-7-9-16)13-20-15(17-5-2)19-12-14(21)18-10-11-22-3/h4-13H2,1-3H3,(H,18,21)(H2,17,19,20). The SMILES string of the molecule is CCNC(=NCC(=O)NCCOC)NCC1(CC)CCCC1. The zero-order chi connectivity index (χ0) is 16.3. The van der Waals surface area contributed by atoms with Gasteiger partial charge in [0.2, 0.25) is 5.91 Å². The highest BCUT2D eigenvalue weighted by molar-refractivity contribution is 5.84. The molecule has 0 spiro atoms. The van der Waals surface area contributed by atoms with Crippen LogP contribution in [0.25, 0.3) is 0 Å². The minimum Gasteiger partial charge on any atom is -0.383 e. The van der Waals surface area contributed by atoms with Crippen LogP contribution in [0.5, 0.6) is 0 Å². The lowest BCUT2D eigenvalue weighted by atomic mass is 9.83. The first-order chi connectivity index (χ1) is 10.7. The number of ether oxygens (including phenoxy) is 1. The Hall–Kier alpha value is -1.30. The molecule has 0 radical (unpaired) electrons. The van der Waals surface area contributed by atoms with E-state index in [1.807, 2.05) is 6.92 Å². The molecule has 1 rings (SSSR count). The summed E-state index contributed by atoms with van der Waals surface area (Å²) >= 11 is 0. The fraction of sp³-hybridized carbons (Fsp3) is 0.875. The number of carbonyl (C=O) groups excluding carboxylic acids is 1. The van der Waals surface area contributed by atoms with E-state index in [9.17, 15) is 4.79 Å². The van der Waals surface area contributed by atoms with Crippen molar-refractivity contribution >= 4 is 11.9 Å². The van der Waals surface area contributed by atoms with E-state index < -0.39 is 0 Å².